The van der Waals surface area contributed by atoms with Crippen molar-refractivity contribution in [2.75, 3.05) is 19.8 Å². The fraction of sp³-hybridized carbons (Fsp3) is 0.788. The van der Waals surface area contributed by atoms with Crippen LogP contribution in [0, 0.1) is 11.8 Å². The van der Waals surface area contributed by atoms with Crippen molar-refractivity contribution in [2.45, 2.75) is 133 Å². The van der Waals surface area contributed by atoms with Crippen LogP contribution in [-0.2, 0) is 39.6 Å². The second-order valence-corrected chi connectivity index (χ2v) is 12.1. The number of hydrogen-bond acceptors (Lipinski definition) is 7. The minimum atomic E-state index is -0.177. The van der Waals surface area contributed by atoms with Crippen molar-refractivity contribution in [3.63, 3.8) is 0 Å². The van der Waals surface area contributed by atoms with Gasteiger partial charge >= 0.3 is 0 Å². The molecular formula is C33H50O7. The third-order valence-electron chi connectivity index (χ3n) is 9.17. The monoisotopic (exact) mass is 558 g/mol. The highest BCUT2D eigenvalue weighted by molar-refractivity contribution is 5.50. The zero-order chi connectivity index (χ0) is 27.4. The van der Waals surface area contributed by atoms with E-state index in [4.69, 9.17) is 28.4 Å². The summed E-state index contributed by atoms with van der Waals surface area (Å²) in [4.78, 5) is 11.9. The first-order valence-corrected chi connectivity index (χ1v) is 16.1. The Kier molecular flexibility index (Phi) is 12.3. The summed E-state index contributed by atoms with van der Waals surface area (Å²) < 4.78 is 37.7. The number of benzene rings is 1. The molecule has 3 saturated heterocycles. The maximum Gasteiger partial charge on any atom is 0.157 e. The predicted octanol–water partition coefficient (Wildman–Crippen LogP) is 6.36. The molecular weight excluding hydrogens is 508 g/mol. The lowest BCUT2D eigenvalue weighted by Gasteiger charge is -2.32. The van der Waals surface area contributed by atoms with Crippen molar-refractivity contribution < 1.29 is 33.2 Å². The minimum absolute atomic E-state index is 0.00217. The van der Waals surface area contributed by atoms with Gasteiger partial charge < -0.3 is 33.2 Å². The maximum atomic E-state index is 11.9. The van der Waals surface area contributed by atoms with Crippen molar-refractivity contribution >= 4 is 6.29 Å². The van der Waals surface area contributed by atoms with Crippen LogP contribution in [0.4, 0.5) is 0 Å². The number of aldehydes is 1. The van der Waals surface area contributed by atoms with Crippen LogP contribution in [0.5, 0.6) is 0 Å². The van der Waals surface area contributed by atoms with Crippen LogP contribution >= 0.6 is 0 Å². The molecule has 7 nitrogen and oxygen atoms in total. The number of carbonyl (C=O) groups is 1. The lowest BCUT2D eigenvalue weighted by molar-refractivity contribution is -0.205. The summed E-state index contributed by atoms with van der Waals surface area (Å²) in [5, 5.41) is 0. The first-order chi connectivity index (χ1) is 19.8. The molecule has 4 unspecified atom stereocenters. The Bertz CT molecular complexity index is 832. The normalized spacial score (nSPS) is 34.0. The third kappa shape index (κ3) is 9.07. The molecule has 0 amide bonds. The van der Waals surface area contributed by atoms with Crippen LogP contribution in [0.3, 0.4) is 0 Å². The van der Waals surface area contributed by atoms with E-state index in [0.717, 1.165) is 116 Å². The van der Waals surface area contributed by atoms with Gasteiger partial charge in [-0.15, -0.1) is 0 Å². The van der Waals surface area contributed by atoms with Gasteiger partial charge in [0.05, 0.1) is 18.3 Å². The van der Waals surface area contributed by atoms with E-state index in [-0.39, 0.29) is 49.0 Å². The van der Waals surface area contributed by atoms with Crippen LogP contribution < -0.4 is 0 Å². The average Bonchev–Trinajstić information content (AvgIpc) is 3.31. The third-order valence-corrected chi connectivity index (χ3v) is 9.17. The molecule has 0 N–H and O–H groups in total. The Morgan fingerprint density at radius 2 is 1.35 bits per heavy atom. The topological polar surface area (TPSA) is 72.5 Å². The molecule has 0 bridgehead atoms. The Morgan fingerprint density at radius 3 is 1.93 bits per heavy atom. The highest BCUT2D eigenvalue weighted by Crippen LogP contribution is 2.43. The number of aryl methyl sites for hydroxylation is 1. The van der Waals surface area contributed by atoms with Gasteiger partial charge in [-0.05, 0) is 101 Å². The van der Waals surface area contributed by atoms with E-state index in [1.54, 1.807) is 0 Å². The molecule has 7 heteroatoms. The number of ether oxygens (including phenoxy) is 6. The Morgan fingerprint density at radius 1 is 0.750 bits per heavy atom. The Labute approximate surface area is 240 Å². The lowest BCUT2D eigenvalue weighted by atomic mass is 9.86. The van der Waals surface area contributed by atoms with Crippen molar-refractivity contribution in [3.05, 3.63) is 35.9 Å². The van der Waals surface area contributed by atoms with Gasteiger partial charge in [-0.3, -0.25) is 0 Å². The molecule has 4 aliphatic rings. The van der Waals surface area contributed by atoms with Crippen molar-refractivity contribution in [3.8, 4) is 0 Å². The van der Waals surface area contributed by atoms with Crippen LogP contribution in [0.15, 0.2) is 30.3 Å². The number of carbonyl (C=O) groups excluding carboxylic acids is 1. The van der Waals surface area contributed by atoms with Gasteiger partial charge in [-0.25, -0.2) is 0 Å². The second kappa shape index (κ2) is 16.3. The first-order valence-electron chi connectivity index (χ1n) is 16.1. The first kappa shape index (κ1) is 30.1. The van der Waals surface area contributed by atoms with E-state index in [1.807, 2.05) is 0 Å². The van der Waals surface area contributed by atoms with Gasteiger partial charge in [-0.2, -0.15) is 0 Å². The second-order valence-electron chi connectivity index (χ2n) is 12.1. The smallest absolute Gasteiger partial charge is 0.157 e. The molecule has 40 heavy (non-hydrogen) atoms. The van der Waals surface area contributed by atoms with Gasteiger partial charge in [0.2, 0.25) is 0 Å². The van der Waals surface area contributed by atoms with E-state index < -0.39 is 0 Å². The van der Waals surface area contributed by atoms with Crippen molar-refractivity contribution in [1.29, 1.82) is 0 Å². The average molecular weight is 559 g/mol. The largest absolute Gasteiger partial charge is 0.353 e. The summed E-state index contributed by atoms with van der Waals surface area (Å²) in [6.45, 7) is 2.28. The molecule has 3 heterocycles. The minimum Gasteiger partial charge on any atom is -0.353 e. The van der Waals surface area contributed by atoms with Crippen molar-refractivity contribution in [2.24, 2.45) is 11.8 Å². The van der Waals surface area contributed by atoms with Gasteiger partial charge in [-0.1, -0.05) is 30.3 Å². The van der Waals surface area contributed by atoms with Crippen LogP contribution in [0.25, 0.3) is 0 Å². The molecule has 0 aromatic heterocycles. The highest BCUT2D eigenvalue weighted by Gasteiger charge is 2.46. The molecule has 0 spiro atoms. The SMILES string of the molecule is O=CC[C@H]1C(OC2CCCCO2)C[C@@H](OC2CCCCO2)[C@@H]1CC[C@H](CCc1ccccc1)OC1CCCCO1. The van der Waals surface area contributed by atoms with E-state index >= 15 is 0 Å². The summed E-state index contributed by atoms with van der Waals surface area (Å²) in [5.41, 5.74) is 1.33. The van der Waals surface area contributed by atoms with E-state index in [0.29, 0.717) is 6.42 Å². The molecule has 5 rings (SSSR count). The molecule has 1 aromatic rings. The summed E-state index contributed by atoms with van der Waals surface area (Å²) in [5.74, 6) is 0.316. The predicted molar refractivity (Wildman–Crippen MR) is 152 cm³/mol. The molecule has 0 radical (unpaired) electrons. The number of rotatable bonds is 14. The fourth-order valence-corrected chi connectivity index (χ4v) is 6.97. The van der Waals surface area contributed by atoms with Crippen LogP contribution in [-0.4, -0.2) is 63.3 Å². The van der Waals surface area contributed by atoms with Crippen molar-refractivity contribution in [1.82, 2.24) is 0 Å². The van der Waals surface area contributed by atoms with Gasteiger partial charge in [0, 0.05) is 32.7 Å². The zero-order valence-corrected chi connectivity index (χ0v) is 24.2. The van der Waals surface area contributed by atoms with E-state index in [1.165, 1.54) is 5.56 Å². The summed E-state index contributed by atoms with van der Waals surface area (Å²) >= 11 is 0. The Hall–Kier alpha value is -1.35. The summed E-state index contributed by atoms with van der Waals surface area (Å²) in [7, 11) is 0. The molecule has 1 aromatic carbocycles. The lowest BCUT2D eigenvalue weighted by Crippen LogP contribution is -2.33. The molecule has 224 valence electrons. The maximum absolute atomic E-state index is 11.9. The summed E-state index contributed by atoms with van der Waals surface area (Å²) in [6.07, 6.45) is 15.2. The quantitative estimate of drug-likeness (QED) is 0.246. The zero-order valence-electron chi connectivity index (χ0n) is 24.2. The highest BCUT2D eigenvalue weighted by atomic mass is 16.7. The van der Waals surface area contributed by atoms with E-state index in [9.17, 15) is 4.79 Å². The van der Waals surface area contributed by atoms with Crippen LogP contribution in [0.1, 0.15) is 95.5 Å². The Balaban J connectivity index is 1.27. The van der Waals surface area contributed by atoms with Gasteiger partial charge in [0.15, 0.2) is 18.9 Å². The molecule has 8 atom stereocenters. The van der Waals surface area contributed by atoms with Gasteiger partial charge in [0.1, 0.15) is 6.29 Å². The standard InChI is InChI=1S/C33H50O7/c34-20-19-28-27(18-17-26(38-31-12-4-7-21-35-31)16-15-25-10-2-1-3-11-25)29(39-32-13-5-8-22-36-32)24-30(28)40-33-14-6-9-23-37-33/h1-3,10-11,20,26-33H,4-9,12-19,21-24H2/t26-,27+,28+,29+,30?,31?,32?,33?/m0/s1. The molecule has 1 saturated carbocycles. The summed E-state index contributed by atoms with van der Waals surface area (Å²) in [6, 6.07) is 10.6. The number of hydrogen-bond donors (Lipinski definition) is 0. The van der Waals surface area contributed by atoms with Gasteiger partial charge in [0.25, 0.3) is 0 Å². The molecule has 1 aliphatic carbocycles. The molecule has 4 fully saturated rings. The molecule has 3 aliphatic heterocycles. The van der Waals surface area contributed by atoms with Crippen LogP contribution in [0.2, 0.25) is 0 Å². The fourth-order valence-electron chi connectivity index (χ4n) is 6.97. The van der Waals surface area contributed by atoms with E-state index in [2.05, 4.69) is 30.3 Å².